The predicted molar refractivity (Wildman–Crippen MR) is 92.6 cm³/mol. The average Bonchev–Trinajstić information content (AvgIpc) is 2.90. The third-order valence-electron chi connectivity index (χ3n) is 3.44. The van der Waals surface area contributed by atoms with Crippen molar-refractivity contribution < 1.29 is 4.39 Å². The summed E-state index contributed by atoms with van der Waals surface area (Å²) in [6.45, 7) is 0.0650. The van der Waals surface area contributed by atoms with Crippen LogP contribution in [0.3, 0.4) is 0 Å². The van der Waals surface area contributed by atoms with Crippen LogP contribution in [-0.2, 0) is 0 Å². The highest BCUT2D eigenvalue weighted by Crippen LogP contribution is 2.23. The second-order valence-corrected chi connectivity index (χ2v) is 6.14. The molecule has 2 heterocycles. The molecule has 0 aliphatic heterocycles. The molecule has 108 valence electrons. The van der Waals surface area contributed by atoms with E-state index in [1.807, 2.05) is 58.9 Å². The summed E-state index contributed by atoms with van der Waals surface area (Å²) >= 11 is 2.29. The second kappa shape index (κ2) is 6.01. The normalized spacial score (nSPS) is 11.0. The second-order valence-electron chi connectivity index (χ2n) is 4.90. The molecule has 0 spiro atoms. The summed E-state index contributed by atoms with van der Waals surface area (Å²) < 4.78 is 15.6. The number of hydrogen-bond acceptors (Lipinski definition) is 2. The molecule has 0 amide bonds. The van der Waals surface area contributed by atoms with Gasteiger partial charge in [0.05, 0.1) is 5.69 Å². The monoisotopic (exact) mass is 394 g/mol. The van der Waals surface area contributed by atoms with Gasteiger partial charge in [0.1, 0.15) is 12.3 Å². The van der Waals surface area contributed by atoms with E-state index in [0.717, 1.165) is 22.6 Å². The van der Waals surface area contributed by atoms with Gasteiger partial charge in [-0.3, -0.25) is 0 Å². The number of aromatic nitrogens is 2. The van der Waals surface area contributed by atoms with Gasteiger partial charge in [0.2, 0.25) is 0 Å². The highest BCUT2D eigenvalue weighted by Gasteiger charge is 2.06. The third kappa shape index (κ3) is 3.02. The fraction of sp³-hybridized carbons (Fsp3) is 0.188. The van der Waals surface area contributed by atoms with E-state index in [1.54, 1.807) is 0 Å². The standard InChI is InChI=1S/C16H15FIN3/c1-20(9-8-17)14-5-2-12(3-6-14)15-11-21-10-13(18)4-7-16(21)19-15/h2-7,10-11H,8-9H2,1H3/i17-1. The number of rotatable bonds is 4. The Morgan fingerprint density at radius 3 is 2.62 bits per heavy atom. The SMILES string of the molecule is CN(CC[18F])c1ccc(-c2cn3cc(I)ccc3n2)cc1. The number of pyridine rings is 1. The van der Waals surface area contributed by atoms with E-state index >= 15 is 0 Å². The summed E-state index contributed by atoms with van der Waals surface area (Å²) in [5.41, 5.74) is 3.95. The zero-order valence-corrected chi connectivity index (χ0v) is 13.8. The van der Waals surface area contributed by atoms with E-state index in [1.165, 1.54) is 3.57 Å². The van der Waals surface area contributed by atoms with Crippen LogP contribution in [0.4, 0.5) is 10.1 Å². The molecule has 0 aliphatic rings. The molecule has 3 rings (SSSR count). The number of nitrogens with zero attached hydrogens (tertiary/aromatic N) is 3. The number of alkyl halides is 1. The summed E-state index contributed by atoms with van der Waals surface area (Å²) in [6.07, 6.45) is 4.08. The predicted octanol–water partition coefficient (Wildman–Crippen LogP) is 4.01. The Labute approximate surface area is 136 Å². The van der Waals surface area contributed by atoms with Gasteiger partial charge in [0.25, 0.3) is 0 Å². The van der Waals surface area contributed by atoms with Crippen molar-refractivity contribution in [3.63, 3.8) is 0 Å². The Hall–Kier alpha value is -1.63. The first kappa shape index (κ1) is 14.3. The van der Waals surface area contributed by atoms with Crippen LogP contribution in [0.1, 0.15) is 0 Å². The van der Waals surface area contributed by atoms with Crippen LogP contribution >= 0.6 is 22.6 Å². The van der Waals surface area contributed by atoms with Gasteiger partial charge in [0.15, 0.2) is 0 Å². The van der Waals surface area contributed by atoms with Crippen LogP contribution in [0.25, 0.3) is 16.9 Å². The maximum atomic E-state index is 12.4. The van der Waals surface area contributed by atoms with Crippen LogP contribution in [0.5, 0.6) is 0 Å². The molecular weight excluding hydrogens is 379 g/mol. The van der Waals surface area contributed by atoms with Crippen LogP contribution in [0.15, 0.2) is 48.8 Å². The number of halogens is 2. The maximum absolute atomic E-state index is 12.4. The lowest BCUT2D eigenvalue weighted by Crippen LogP contribution is -2.19. The summed E-state index contributed by atoms with van der Waals surface area (Å²) in [4.78, 5) is 6.52. The summed E-state index contributed by atoms with van der Waals surface area (Å²) in [5, 5.41) is 0. The minimum Gasteiger partial charge on any atom is -0.372 e. The van der Waals surface area contributed by atoms with Crippen molar-refractivity contribution in [3.05, 3.63) is 52.4 Å². The van der Waals surface area contributed by atoms with E-state index in [0.29, 0.717) is 6.54 Å². The first-order chi connectivity index (χ1) is 10.2. The Bertz CT molecular complexity index is 752. The molecule has 0 fully saturated rings. The molecular formula is C16H15FIN3. The van der Waals surface area contributed by atoms with E-state index in [-0.39, 0.29) is 6.67 Å². The van der Waals surface area contributed by atoms with Gasteiger partial charge in [-0.05, 0) is 46.9 Å². The smallest absolute Gasteiger partial charge is 0.137 e. The van der Waals surface area contributed by atoms with Gasteiger partial charge in [-0.1, -0.05) is 12.1 Å². The molecule has 1 aromatic carbocycles. The van der Waals surface area contributed by atoms with Gasteiger partial charge >= 0.3 is 0 Å². The number of benzene rings is 1. The Kier molecular flexibility index (Phi) is 4.10. The number of fused-ring (bicyclic) bond motifs is 1. The largest absolute Gasteiger partial charge is 0.372 e. The van der Waals surface area contributed by atoms with Crippen molar-refractivity contribution >= 4 is 33.9 Å². The lowest BCUT2D eigenvalue weighted by Gasteiger charge is -2.17. The molecule has 3 nitrogen and oxygen atoms in total. The average molecular weight is 394 g/mol. The zero-order chi connectivity index (χ0) is 14.8. The molecule has 0 unspecified atom stereocenters. The number of anilines is 1. The number of imidazole rings is 1. The van der Waals surface area contributed by atoms with Crippen LogP contribution in [-0.4, -0.2) is 29.7 Å². The minimum absolute atomic E-state index is 0.344. The third-order valence-corrected chi connectivity index (χ3v) is 4.08. The maximum Gasteiger partial charge on any atom is 0.137 e. The molecule has 0 radical (unpaired) electrons. The molecule has 0 saturated carbocycles. The van der Waals surface area contributed by atoms with Crippen molar-refractivity contribution in [2.45, 2.75) is 0 Å². The Morgan fingerprint density at radius 2 is 1.90 bits per heavy atom. The van der Waals surface area contributed by atoms with Gasteiger partial charge in [0, 0.05) is 40.8 Å². The first-order valence-corrected chi connectivity index (χ1v) is 7.77. The van der Waals surface area contributed by atoms with E-state index in [4.69, 9.17) is 0 Å². The molecule has 0 aliphatic carbocycles. The molecule has 21 heavy (non-hydrogen) atoms. The summed E-state index contributed by atoms with van der Waals surface area (Å²) in [6, 6.07) is 12.1. The topological polar surface area (TPSA) is 20.5 Å². The van der Waals surface area contributed by atoms with E-state index < -0.39 is 0 Å². The summed E-state index contributed by atoms with van der Waals surface area (Å²) in [7, 11) is 1.89. The van der Waals surface area contributed by atoms with Crippen LogP contribution < -0.4 is 4.90 Å². The number of hydrogen-bond donors (Lipinski definition) is 0. The Balaban J connectivity index is 1.91. The van der Waals surface area contributed by atoms with E-state index in [2.05, 4.69) is 33.8 Å². The molecule has 3 aromatic rings. The lowest BCUT2D eigenvalue weighted by atomic mass is 10.1. The summed E-state index contributed by atoms with van der Waals surface area (Å²) in [5.74, 6) is 0. The van der Waals surface area contributed by atoms with Gasteiger partial charge in [-0.25, -0.2) is 9.37 Å². The quantitative estimate of drug-likeness (QED) is 0.624. The highest BCUT2D eigenvalue weighted by molar-refractivity contribution is 14.1. The minimum atomic E-state index is -0.344. The van der Waals surface area contributed by atoms with Crippen molar-refractivity contribution in [3.8, 4) is 11.3 Å². The zero-order valence-electron chi connectivity index (χ0n) is 11.6. The lowest BCUT2D eigenvalue weighted by molar-refractivity contribution is 0.497. The fourth-order valence-electron chi connectivity index (χ4n) is 2.25. The van der Waals surface area contributed by atoms with Gasteiger partial charge in [-0.2, -0.15) is 0 Å². The molecule has 0 N–H and O–H groups in total. The van der Waals surface area contributed by atoms with Gasteiger partial charge < -0.3 is 9.30 Å². The van der Waals surface area contributed by atoms with Crippen molar-refractivity contribution in [1.82, 2.24) is 9.38 Å². The van der Waals surface area contributed by atoms with E-state index in [9.17, 15) is 4.39 Å². The molecule has 0 atom stereocenters. The van der Waals surface area contributed by atoms with Crippen molar-refractivity contribution in [1.29, 1.82) is 0 Å². The Morgan fingerprint density at radius 1 is 1.14 bits per heavy atom. The van der Waals surface area contributed by atoms with Crippen LogP contribution in [0, 0.1) is 3.57 Å². The van der Waals surface area contributed by atoms with Crippen molar-refractivity contribution in [2.24, 2.45) is 0 Å². The van der Waals surface area contributed by atoms with Crippen molar-refractivity contribution in [2.75, 3.05) is 25.2 Å². The fourth-order valence-corrected chi connectivity index (χ4v) is 2.73. The first-order valence-electron chi connectivity index (χ1n) is 6.69. The molecule has 0 saturated heterocycles. The molecule has 5 heteroatoms. The molecule has 0 bridgehead atoms. The van der Waals surface area contributed by atoms with Crippen LogP contribution in [0.2, 0.25) is 0 Å². The molecule has 2 aromatic heterocycles. The van der Waals surface area contributed by atoms with Gasteiger partial charge in [-0.15, -0.1) is 0 Å². The highest BCUT2D eigenvalue weighted by atomic mass is 127.